The number of carbonyl (C=O) groups excluding carboxylic acids is 2. The van der Waals surface area contributed by atoms with E-state index in [4.69, 9.17) is 4.74 Å². The fourth-order valence-corrected chi connectivity index (χ4v) is 2.02. The fraction of sp³-hybridized carbons (Fsp3) is 0.429. The summed E-state index contributed by atoms with van der Waals surface area (Å²) >= 11 is 0. The highest BCUT2D eigenvalue weighted by atomic mass is 16.5. The van der Waals surface area contributed by atoms with Gasteiger partial charge in [0.1, 0.15) is 12.4 Å². The molecule has 4 nitrogen and oxygen atoms in total. The lowest BCUT2D eigenvalue weighted by Gasteiger charge is -2.14. The largest absolute Gasteiger partial charge is 0.491 e. The van der Waals surface area contributed by atoms with E-state index in [-0.39, 0.29) is 17.7 Å². The van der Waals surface area contributed by atoms with E-state index in [2.05, 4.69) is 5.32 Å². The molecule has 1 N–H and O–H groups in total. The molecule has 0 aliphatic carbocycles. The van der Waals surface area contributed by atoms with Gasteiger partial charge in [-0.3, -0.25) is 9.59 Å². The van der Waals surface area contributed by atoms with Crippen LogP contribution >= 0.6 is 0 Å². The minimum atomic E-state index is 0.0488. The van der Waals surface area contributed by atoms with Crippen LogP contribution in [0.4, 0.5) is 0 Å². The highest BCUT2D eigenvalue weighted by Gasteiger charge is 2.21. The lowest BCUT2D eigenvalue weighted by molar-refractivity contribution is -0.119. The Morgan fingerprint density at radius 2 is 2.28 bits per heavy atom. The average Bonchev–Trinajstić information content (AvgIpc) is 2.73. The van der Waals surface area contributed by atoms with Crippen LogP contribution in [0.15, 0.2) is 18.2 Å². The first-order chi connectivity index (χ1) is 8.56. The third kappa shape index (κ3) is 2.88. The van der Waals surface area contributed by atoms with Gasteiger partial charge >= 0.3 is 0 Å². The maximum atomic E-state index is 11.2. The molecular formula is C14H17NO3. The van der Waals surface area contributed by atoms with Gasteiger partial charge in [-0.1, -0.05) is 0 Å². The summed E-state index contributed by atoms with van der Waals surface area (Å²) in [6.07, 6.45) is 1.40. The average molecular weight is 247 g/mol. The molecule has 1 heterocycles. The molecule has 1 unspecified atom stereocenters. The highest BCUT2D eigenvalue weighted by molar-refractivity contribution is 5.94. The number of ketones is 1. The number of carbonyl (C=O) groups is 2. The molecule has 1 fully saturated rings. The van der Waals surface area contributed by atoms with E-state index in [0.717, 1.165) is 17.7 Å². The molecule has 0 spiro atoms. The predicted octanol–water partition coefficient (Wildman–Crippen LogP) is 1.86. The molecular weight excluding hydrogens is 230 g/mol. The third-order valence-electron chi connectivity index (χ3n) is 3.11. The van der Waals surface area contributed by atoms with E-state index in [1.54, 1.807) is 13.0 Å². The van der Waals surface area contributed by atoms with Crippen LogP contribution in [0.2, 0.25) is 0 Å². The summed E-state index contributed by atoms with van der Waals surface area (Å²) in [5, 5.41) is 2.86. The maximum Gasteiger partial charge on any atom is 0.220 e. The molecule has 1 aliphatic heterocycles. The van der Waals surface area contributed by atoms with E-state index < -0.39 is 0 Å². The normalized spacial score (nSPS) is 18.6. The Hall–Kier alpha value is -1.84. The topological polar surface area (TPSA) is 55.4 Å². The highest BCUT2D eigenvalue weighted by Crippen LogP contribution is 2.20. The van der Waals surface area contributed by atoms with Crippen molar-refractivity contribution < 1.29 is 14.3 Å². The van der Waals surface area contributed by atoms with Crippen molar-refractivity contribution in [3.8, 4) is 5.75 Å². The van der Waals surface area contributed by atoms with Crippen molar-refractivity contribution >= 4 is 11.7 Å². The van der Waals surface area contributed by atoms with E-state index >= 15 is 0 Å². The van der Waals surface area contributed by atoms with Crippen LogP contribution in [0.1, 0.15) is 35.7 Å². The summed E-state index contributed by atoms with van der Waals surface area (Å²) in [6, 6.07) is 5.50. The summed E-state index contributed by atoms with van der Waals surface area (Å²) in [7, 11) is 0. The fourth-order valence-electron chi connectivity index (χ4n) is 2.02. The molecule has 0 saturated carbocycles. The monoisotopic (exact) mass is 247 g/mol. The zero-order chi connectivity index (χ0) is 13.1. The summed E-state index contributed by atoms with van der Waals surface area (Å²) in [4.78, 5) is 22.3. The van der Waals surface area contributed by atoms with Crippen LogP contribution in [0.5, 0.6) is 5.75 Å². The second kappa shape index (κ2) is 5.21. The molecule has 1 aromatic carbocycles. The first-order valence-electron chi connectivity index (χ1n) is 6.10. The van der Waals surface area contributed by atoms with Gasteiger partial charge in [0, 0.05) is 12.0 Å². The van der Waals surface area contributed by atoms with Crippen LogP contribution in [-0.2, 0) is 4.79 Å². The Kier molecular flexibility index (Phi) is 3.65. The quantitative estimate of drug-likeness (QED) is 0.826. The van der Waals surface area contributed by atoms with Gasteiger partial charge in [0.2, 0.25) is 5.91 Å². The van der Waals surface area contributed by atoms with Gasteiger partial charge in [0.05, 0.1) is 6.04 Å². The van der Waals surface area contributed by atoms with Crippen molar-refractivity contribution in [2.75, 3.05) is 6.61 Å². The minimum Gasteiger partial charge on any atom is -0.491 e. The molecule has 0 radical (unpaired) electrons. The number of rotatable bonds is 4. The zero-order valence-corrected chi connectivity index (χ0v) is 10.7. The van der Waals surface area contributed by atoms with Gasteiger partial charge in [-0.15, -0.1) is 0 Å². The summed E-state index contributed by atoms with van der Waals surface area (Å²) < 4.78 is 5.68. The molecule has 4 heteroatoms. The smallest absolute Gasteiger partial charge is 0.220 e. The Labute approximate surface area is 106 Å². The first kappa shape index (κ1) is 12.6. The first-order valence-corrected chi connectivity index (χ1v) is 6.10. The van der Waals surface area contributed by atoms with Crippen molar-refractivity contribution in [1.82, 2.24) is 5.32 Å². The lowest BCUT2D eigenvalue weighted by Crippen LogP contribution is -2.30. The molecule has 1 aliphatic rings. The van der Waals surface area contributed by atoms with Gasteiger partial charge < -0.3 is 10.1 Å². The van der Waals surface area contributed by atoms with Crippen LogP contribution in [0.25, 0.3) is 0 Å². The van der Waals surface area contributed by atoms with E-state index in [9.17, 15) is 9.59 Å². The van der Waals surface area contributed by atoms with E-state index in [1.165, 1.54) is 0 Å². The molecule has 1 atom stereocenters. The predicted molar refractivity (Wildman–Crippen MR) is 67.8 cm³/mol. The molecule has 96 valence electrons. The van der Waals surface area contributed by atoms with Gasteiger partial charge in [0.25, 0.3) is 0 Å². The number of Topliss-reactive ketones (excluding diaryl/α,β-unsaturated/α-hetero) is 1. The standard InChI is InChI=1S/C14H17NO3/c1-9-7-11(10(2)16)3-5-13(9)18-8-12-4-6-14(17)15-12/h3,5,7,12H,4,6,8H2,1-2H3,(H,15,17). The van der Waals surface area contributed by atoms with Crippen molar-refractivity contribution in [3.05, 3.63) is 29.3 Å². The Bertz CT molecular complexity index is 482. The van der Waals surface area contributed by atoms with Crippen LogP contribution in [0.3, 0.4) is 0 Å². The van der Waals surface area contributed by atoms with Crippen LogP contribution in [-0.4, -0.2) is 24.3 Å². The van der Waals surface area contributed by atoms with Gasteiger partial charge in [-0.05, 0) is 44.0 Å². The summed E-state index contributed by atoms with van der Waals surface area (Å²) in [6.45, 7) is 3.93. The van der Waals surface area contributed by atoms with Gasteiger partial charge in [-0.25, -0.2) is 0 Å². The molecule has 2 rings (SSSR count). The van der Waals surface area contributed by atoms with Gasteiger partial charge in [0.15, 0.2) is 5.78 Å². The SMILES string of the molecule is CC(=O)c1ccc(OCC2CCC(=O)N2)c(C)c1. The number of hydrogen-bond donors (Lipinski definition) is 1. The number of benzene rings is 1. The number of nitrogens with one attached hydrogen (secondary N) is 1. The summed E-state index contributed by atoms with van der Waals surface area (Å²) in [5.74, 6) is 0.904. The second-order valence-corrected chi connectivity index (χ2v) is 4.65. The lowest BCUT2D eigenvalue weighted by atomic mass is 10.1. The van der Waals surface area contributed by atoms with Crippen LogP contribution < -0.4 is 10.1 Å². The van der Waals surface area contributed by atoms with Gasteiger partial charge in [-0.2, -0.15) is 0 Å². The van der Waals surface area contributed by atoms with Crippen molar-refractivity contribution in [1.29, 1.82) is 0 Å². The number of hydrogen-bond acceptors (Lipinski definition) is 3. The van der Waals surface area contributed by atoms with Crippen LogP contribution in [0, 0.1) is 6.92 Å². The number of amides is 1. The third-order valence-corrected chi connectivity index (χ3v) is 3.11. The molecule has 1 aromatic rings. The minimum absolute atomic E-state index is 0.0488. The molecule has 1 saturated heterocycles. The molecule has 18 heavy (non-hydrogen) atoms. The summed E-state index contributed by atoms with van der Waals surface area (Å²) in [5.41, 5.74) is 1.63. The van der Waals surface area contributed by atoms with E-state index in [0.29, 0.717) is 18.6 Å². The Balaban J connectivity index is 1.97. The Morgan fingerprint density at radius 3 is 2.83 bits per heavy atom. The molecule has 0 bridgehead atoms. The maximum absolute atomic E-state index is 11.2. The van der Waals surface area contributed by atoms with Crippen molar-refractivity contribution in [2.45, 2.75) is 32.7 Å². The van der Waals surface area contributed by atoms with Crippen molar-refractivity contribution in [2.24, 2.45) is 0 Å². The Morgan fingerprint density at radius 1 is 1.50 bits per heavy atom. The van der Waals surface area contributed by atoms with E-state index in [1.807, 2.05) is 19.1 Å². The second-order valence-electron chi connectivity index (χ2n) is 4.65. The number of aryl methyl sites for hydroxylation is 1. The van der Waals surface area contributed by atoms with Crippen molar-refractivity contribution in [3.63, 3.8) is 0 Å². The molecule has 0 aromatic heterocycles. The number of ether oxygens (including phenoxy) is 1. The zero-order valence-electron chi connectivity index (χ0n) is 10.7. The molecule has 1 amide bonds.